The number of anilines is 5. The smallest absolute Gasteiger partial charge is 0.257 e. The number of fused-ring (bicyclic) bond motifs is 3. The Kier molecular flexibility index (Phi) is 6.98. The molecule has 0 saturated carbocycles. The topological polar surface area (TPSA) is 95.6 Å². The van der Waals surface area contributed by atoms with Gasteiger partial charge in [-0.3, -0.25) is 14.6 Å². The van der Waals surface area contributed by atoms with Gasteiger partial charge in [0.25, 0.3) is 5.91 Å². The first kappa shape index (κ1) is 27.6. The molecule has 0 aliphatic carbocycles. The highest BCUT2D eigenvalue weighted by atomic mass is 16.5. The van der Waals surface area contributed by atoms with Gasteiger partial charge in [-0.05, 0) is 90.5 Å². The van der Waals surface area contributed by atoms with Crippen LogP contribution < -0.4 is 20.9 Å². The minimum Gasteiger partial charge on any atom is -0.378 e. The Bertz CT molecular complexity index is 1890. The van der Waals surface area contributed by atoms with E-state index in [1.807, 2.05) is 98.9 Å². The van der Waals surface area contributed by atoms with Crippen LogP contribution in [0.3, 0.4) is 0 Å². The van der Waals surface area contributed by atoms with Crippen molar-refractivity contribution in [3.63, 3.8) is 0 Å². The zero-order chi connectivity index (χ0) is 30.3. The predicted octanol–water partition coefficient (Wildman–Crippen LogP) is 6.96. The molecule has 0 atom stereocenters. The van der Waals surface area contributed by atoms with E-state index in [2.05, 4.69) is 31.9 Å². The zero-order valence-electron chi connectivity index (χ0n) is 24.7. The van der Waals surface area contributed by atoms with E-state index in [-0.39, 0.29) is 11.8 Å². The maximum atomic E-state index is 13.5. The van der Waals surface area contributed by atoms with Gasteiger partial charge in [0.15, 0.2) is 0 Å². The highest BCUT2D eigenvalue weighted by Crippen LogP contribution is 2.38. The van der Waals surface area contributed by atoms with Crippen LogP contribution in [0, 0.1) is 0 Å². The van der Waals surface area contributed by atoms with Gasteiger partial charge in [0.05, 0.1) is 41.3 Å². The second-order valence-corrected chi connectivity index (χ2v) is 11.7. The van der Waals surface area contributed by atoms with Crippen LogP contribution in [0.1, 0.15) is 29.8 Å². The molecule has 44 heavy (non-hydrogen) atoms. The van der Waals surface area contributed by atoms with Crippen LogP contribution in [-0.4, -0.2) is 43.1 Å². The third kappa shape index (κ3) is 5.14. The summed E-state index contributed by atoms with van der Waals surface area (Å²) in [5, 5.41) is 11.7. The van der Waals surface area contributed by atoms with Crippen molar-refractivity contribution in [1.82, 2.24) is 4.98 Å². The Labute approximate surface area is 256 Å². The minimum atomic E-state index is -0.863. The summed E-state index contributed by atoms with van der Waals surface area (Å²) < 4.78 is 5.45. The number of ether oxygens (including phenoxy) is 1. The van der Waals surface area contributed by atoms with Crippen molar-refractivity contribution in [2.75, 3.05) is 47.2 Å². The van der Waals surface area contributed by atoms with Crippen molar-refractivity contribution in [3.05, 3.63) is 108 Å². The van der Waals surface area contributed by atoms with E-state index in [9.17, 15) is 9.59 Å². The van der Waals surface area contributed by atoms with Crippen molar-refractivity contribution in [3.8, 4) is 11.1 Å². The number of carbonyl (C=O) groups is 2. The number of aromatic nitrogens is 1. The zero-order valence-corrected chi connectivity index (χ0v) is 24.7. The standard InChI is InChI=1S/C36H33N5O3/c1-36(2,35(43)38-26-8-10-27(11-9-26)41-16-18-44-19-17-41)25-7-13-31-33(21-25)40-34(42)30-12-6-23(20-32(30)39-31)28-5-3-4-24-22-37-15-14-29(24)28/h3-15,20-22,39H,16-19H2,1-2H3,(H,38,43)(H,40,42). The molecule has 220 valence electrons. The third-order valence-electron chi connectivity index (χ3n) is 8.58. The van der Waals surface area contributed by atoms with Gasteiger partial charge < -0.3 is 25.6 Å². The molecular weight excluding hydrogens is 550 g/mol. The van der Waals surface area contributed by atoms with Gasteiger partial charge in [-0.2, -0.15) is 0 Å². The van der Waals surface area contributed by atoms with Crippen molar-refractivity contribution in [1.29, 1.82) is 0 Å². The Morgan fingerprint density at radius 2 is 1.68 bits per heavy atom. The molecule has 0 radical (unpaired) electrons. The molecule has 5 aromatic rings. The number of benzene rings is 4. The highest BCUT2D eigenvalue weighted by Gasteiger charge is 2.31. The van der Waals surface area contributed by atoms with E-state index in [4.69, 9.17) is 4.74 Å². The SMILES string of the molecule is CC(C)(C(=O)Nc1ccc(N2CCOCC2)cc1)c1ccc2c(c1)NC(=O)c1ccc(-c3cccc4cnccc34)cc1N2. The van der Waals surface area contributed by atoms with Crippen LogP contribution >= 0.6 is 0 Å². The first-order valence-corrected chi connectivity index (χ1v) is 14.8. The second kappa shape index (κ2) is 11.1. The molecule has 2 amide bonds. The normalized spacial score (nSPS) is 14.6. The van der Waals surface area contributed by atoms with Crippen LogP contribution in [0.15, 0.2) is 97.3 Å². The lowest BCUT2D eigenvalue weighted by molar-refractivity contribution is -0.120. The number of carbonyl (C=O) groups excluding carboxylic acids is 2. The monoisotopic (exact) mass is 583 g/mol. The fourth-order valence-corrected chi connectivity index (χ4v) is 5.86. The number of nitrogens with zero attached hydrogens (tertiary/aromatic N) is 2. The molecule has 2 aliphatic heterocycles. The predicted molar refractivity (Wildman–Crippen MR) is 176 cm³/mol. The maximum Gasteiger partial charge on any atom is 0.257 e. The number of morpholine rings is 1. The Hall–Kier alpha value is -5.21. The van der Waals surface area contributed by atoms with Gasteiger partial charge in [-0.1, -0.05) is 30.3 Å². The first-order valence-electron chi connectivity index (χ1n) is 14.8. The van der Waals surface area contributed by atoms with Gasteiger partial charge in [0.2, 0.25) is 5.91 Å². The fourth-order valence-electron chi connectivity index (χ4n) is 5.86. The minimum absolute atomic E-state index is 0.136. The molecule has 8 heteroatoms. The second-order valence-electron chi connectivity index (χ2n) is 11.7. The molecule has 1 fully saturated rings. The third-order valence-corrected chi connectivity index (χ3v) is 8.58. The summed E-state index contributed by atoms with van der Waals surface area (Å²) in [4.78, 5) is 33.4. The van der Waals surface area contributed by atoms with Gasteiger partial charge in [0.1, 0.15) is 0 Å². The van der Waals surface area contributed by atoms with E-state index >= 15 is 0 Å². The molecule has 0 spiro atoms. The molecule has 0 bridgehead atoms. The molecule has 1 saturated heterocycles. The first-order chi connectivity index (χ1) is 21.4. The molecule has 0 unspecified atom stereocenters. The quantitative estimate of drug-likeness (QED) is 0.207. The van der Waals surface area contributed by atoms with Gasteiger partial charge in [-0.25, -0.2) is 0 Å². The Balaban J connectivity index is 1.12. The average molecular weight is 584 g/mol. The number of hydrogen-bond acceptors (Lipinski definition) is 6. The summed E-state index contributed by atoms with van der Waals surface area (Å²) in [6.45, 7) is 6.94. The van der Waals surface area contributed by atoms with E-state index in [1.54, 1.807) is 6.20 Å². The lowest BCUT2D eigenvalue weighted by Gasteiger charge is -2.29. The highest BCUT2D eigenvalue weighted by molar-refractivity contribution is 6.13. The van der Waals surface area contributed by atoms with Crippen molar-refractivity contribution in [2.24, 2.45) is 0 Å². The van der Waals surface area contributed by atoms with Crippen LogP contribution in [0.4, 0.5) is 28.4 Å². The molecule has 8 nitrogen and oxygen atoms in total. The van der Waals surface area contributed by atoms with E-state index < -0.39 is 5.41 Å². The number of amides is 2. The van der Waals surface area contributed by atoms with Gasteiger partial charge in [-0.15, -0.1) is 0 Å². The van der Waals surface area contributed by atoms with Crippen LogP contribution in [0.5, 0.6) is 0 Å². The fraction of sp³-hybridized carbons (Fsp3) is 0.194. The number of pyridine rings is 1. The lowest BCUT2D eigenvalue weighted by Crippen LogP contribution is -2.36. The summed E-state index contributed by atoms with van der Waals surface area (Å²) in [6, 6.07) is 27.6. The summed E-state index contributed by atoms with van der Waals surface area (Å²) in [5.74, 6) is -0.345. The van der Waals surface area contributed by atoms with Crippen molar-refractivity contribution in [2.45, 2.75) is 19.3 Å². The van der Waals surface area contributed by atoms with Crippen molar-refractivity contribution < 1.29 is 14.3 Å². The summed E-state index contributed by atoms with van der Waals surface area (Å²) in [7, 11) is 0. The van der Waals surface area contributed by atoms with Gasteiger partial charge >= 0.3 is 0 Å². The molecule has 3 N–H and O–H groups in total. The molecule has 3 heterocycles. The van der Waals surface area contributed by atoms with E-state index in [1.165, 1.54) is 0 Å². The summed E-state index contributed by atoms with van der Waals surface area (Å²) >= 11 is 0. The average Bonchev–Trinajstić information content (AvgIpc) is 3.19. The lowest BCUT2D eigenvalue weighted by atomic mass is 9.83. The molecule has 4 aromatic carbocycles. The Morgan fingerprint density at radius 3 is 2.50 bits per heavy atom. The molecule has 2 aliphatic rings. The largest absolute Gasteiger partial charge is 0.378 e. The van der Waals surface area contributed by atoms with Crippen LogP contribution in [0.25, 0.3) is 21.9 Å². The van der Waals surface area contributed by atoms with Crippen molar-refractivity contribution >= 4 is 51.0 Å². The van der Waals surface area contributed by atoms with E-state index in [0.29, 0.717) is 11.3 Å². The number of nitrogens with one attached hydrogen (secondary N) is 3. The number of rotatable bonds is 5. The summed E-state index contributed by atoms with van der Waals surface area (Å²) in [5.41, 5.74) is 6.48. The molecule has 1 aromatic heterocycles. The summed E-state index contributed by atoms with van der Waals surface area (Å²) in [6.07, 6.45) is 3.64. The van der Waals surface area contributed by atoms with Gasteiger partial charge in [0, 0.05) is 42.2 Å². The molecular formula is C36H33N5O3. The maximum absolute atomic E-state index is 13.5. The van der Waals surface area contributed by atoms with E-state index in [0.717, 1.165) is 76.5 Å². The Morgan fingerprint density at radius 1 is 0.864 bits per heavy atom. The van der Waals surface area contributed by atoms with Crippen LogP contribution in [-0.2, 0) is 14.9 Å². The molecule has 7 rings (SSSR count). The van der Waals surface area contributed by atoms with Crippen LogP contribution in [0.2, 0.25) is 0 Å². The number of hydrogen-bond donors (Lipinski definition) is 3.